The Morgan fingerprint density at radius 3 is 2.16 bits per heavy atom. The Kier molecular flexibility index (Phi) is 7.23. The highest BCUT2D eigenvalue weighted by atomic mass is 16.2. The van der Waals surface area contributed by atoms with E-state index in [2.05, 4.69) is 59.7 Å². The van der Waals surface area contributed by atoms with Gasteiger partial charge in [0.2, 0.25) is 5.91 Å². The van der Waals surface area contributed by atoms with Crippen molar-refractivity contribution in [3.05, 3.63) is 144 Å². The van der Waals surface area contributed by atoms with E-state index >= 15 is 0 Å². The molecule has 0 fully saturated rings. The fraction of sp³-hybridized carbons (Fsp3) is 0.118. The quantitative estimate of drug-likeness (QED) is 0.227. The maximum absolute atomic E-state index is 14.1. The molecule has 1 atom stereocenters. The van der Waals surface area contributed by atoms with Crippen LogP contribution in [0.3, 0.4) is 0 Å². The van der Waals surface area contributed by atoms with E-state index in [9.17, 15) is 4.79 Å². The van der Waals surface area contributed by atoms with Crippen LogP contribution in [0.25, 0.3) is 22.6 Å². The van der Waals surface area contributed by atoms with Gasteiger partial charge in [0.25, 0.3) is 0 Å². The minimum atomic E-state index is -0.714. The summed E-state index contributed by atoms with van der Waals surface area (Å²) in [4.78, 5) is 18.7. The fourth-order valence-electron chi connectivity index (χ4n) is 4.81. The number of nitrogens with one attached hydrogen (secondary N) is 1. The van der Waals surface area contributed by atoms with E-state index in [1.165, 1.54) is 0 Å². The maximum Gasteiger partial charge on any atom is 0.231 e. The number of para-hydroxylation sites is 1. The molecule has 0 saturated carbocycles. The number of carbonyl (C=O) groups excluding carboxylic acids is 1. The van der Waals surface area contributed by atoms with Gasteiger partial charge in [0, 0.05) is 11.6 Å². The summed E-state index contributed by atoms with van der Waals surface area (Å²) >= 11 is 0. The third kappa shape index (κ3) is 5.84. The zero-order valence-corrected chi connectivity index (χ0v) is 21.0. The van der Waals surface area contributed by atoms with Crippen molar-refractivity contribution in [3.8, 4) is 0 Å². The van der Waals surface area contributed by atoms with Crippen molar-refractivity contribution in [2.75, 3.05) is 5.32 Å². The predicted molar refractivity (Wildman–Crippen MR) is 154 cm³/mol. The summed E-state index contributed by atoms with van der Waals surface area (Å²) in [6.45, 7) is 2.07. The van der Waals surface area contributed by atoms with Gasteiger partial charge in [-0.15, -0.1) is 0 Å². The van der Waals surface area contributed by atoms with Crippen molar-refractivity contribution >= 4 is 34.1 Å². The summed E-state index contributed by atoms with van der Waals surface area (Å²) in [6.07, 6.45) is 5.14. The first kappa shape index (κ1) is 24.2. The number of aromatic nitrogens is 1. The van der Waals surface area contributed by atoms with Gasteiger partial charge in [-0.3, -0.25) is 9.78 Å². The number of nitrogens with zero attached hydrogens (tertiary/aromatic N) is 1. The summed E-state index contributed by atoms with van der Waals surface area (Å²) in [7, 11) is 0. The number of rotatable bonds is 8. The topological polar surface area (TPSA) is 42.0 Å². The summed E-state index contributed by atoms with van der Waals surface area (Å²) in [5, 5.41) is 4.24. The lowest BCUT2D eigenvalue weighted by Gasteiger charge is -2.30. The highest BCUT2D eigenvalue weighted by Crippen LogP contribution is 2.37. The first-order valence-electron chi connectivity index (χ1n) is 12.6. The number of hydrogen-bond acceptors (Lipinski definition) is 2. The number of fused-ring (bicyclic) bond motifs is 1. The molecule has 0 aliphatic carbocycles. The number of hydrogen-bond donors (Lipinski definition) is 1. The van der Waals surface area contributed by atoms with E-state index in [1.54, 1.807) is 6.20 Å². The second kappa shape index (κ2) is 11.0. The van der Waals surface area contributed by atoms with Crippen LogP contribution in [-0.2, 0) is 11.2 Å². The lowest BCUT2D eigenvalue weighted by atomic mass is 9.75. The van der Waals surface area contributed by atoms with Crippen LogP contribution in [-0.4, -0.2) is 10.9 Å². The second-order valence-electron chi connectivity index (χ2n) is 9.68. The first-order chi connectivity index (χ1) is 18.1. The van der Waals surface area contributed by atoms with Gasteiger partial charge < -0.3 is 5.32 Å². The second-order valence-corrected chi connectivity index (χ2v) is 9.68. The molecule has 5 aromatic rings. The normalized spacial score (nSPS) is 13.2. The van der Waals surface area contributed by atoms with Crippen LogP contribution >= 0.6 is 0 Å². The summed E-state index contributed by atoms with van der Waals surface area (Å²) in [5.74, 6) is -0.0237. The zero-order valence-electron chi connectivity index (χ0n) is 21.0. The van der Waals surface area contributed by atoms with Crippen molar-refractivity contribution in [1.82, 2.24) is 4.98 Å². The van der Waals surface area contributed by atoms with Gasteiger partial charge in [-0.2, -0.15) is 0 Å². The maximum atomic E-state index is 14.1. The molecular formula is C34H30N2O. The van der Waals surface area contributed by atoms with Crippen LogP contribution in [0, 0.1) is 5.41 Å². The van der Waals surface area contributed by atoms with E-state index < -0.39 is 5.41 Å². The molecular weight excluding hydrogens is 452 g/mol. The number of carbonyl (C=O) groups is 1. The Morgan fingerprint density at radius 2 is 1.43 bits per heavy atom. The van der Waals surface area contributed by atoms with Gasteiger partial charge in [0.1, 0.15) is 0 Å². The van der Waals surface area contributed by atoms with Crippen LogP contribution in [0.1, 0.15) is 30.0 Å². The van der Waals surface area contributed by atoms with Crippen LogP contribution in [0.5, 0.6) is 0 Å². The minimum absolute atomic E-state index is 0.0237. The van der Waals surface area contributed by atoms with Crippen LogP contribution in [0.4, 0.5) is 5.69 Å². The highest BCUT2D eigenvalue weighted by Gasteiger charge is 2.35. The Morgan fingerprint density at radius 1 is 0.784 bits per heavy atom. The highest BCUT2D eigenvalue weighted by molar-refractivity contribution is 6.03. The van der Waals surface area contributed by atoms with Crippen LogP contribution in [0.15, 0.2) is 128 Å². The molecule has 0 bridgehead atoms. The molecule has 4 aromatic carbocycles. The molecule has 0 radical (unpaired) electrons. The smallest absolute Gasteiger partial charge is 0.231 e. The number of amides is 1. The average molecular weight is 483 g/mol. The predicted octanol–water partition coefficient (Wildman–Crippen LogP) is 8.05. The summed E-state index contributed by atoms with van der Waals surface area (Å²) in [5.41, 5.74) is 5.29. The van der Waals surface area contributed by atoms with Gasteiger partial charge in [-0.05, 0) is 47.2 Å². The minimum Gasteiger partial charge on any atom is -0.324 e. The molecule has 1 amide bonds. The molecule has 0 aliphatic heterocycles. The van der Waals surface area contributed by atoms with Crippen molar-refractivity contribution in [1.29, 1.82) is 0 Å². The van der Waals surface area contributed by atoms with Crippen molar-refractivity contribution in [2.45, 2.75) is 19.8 Å². The van der Waals surface area contributed by atoms with Gasteiger partial charge >= 0.3 is 0 Å². The monoisotopic (exact) mass is 482 g/mol. The molecule has 0 saturated heterocycles. The zero-order chi connectivity index (χ0) is 25.5. The molecule has 0 aliphatic rings. The van der Waals surface area contributed by atoms with Crippen LogP contribution < -0.4 is 5.32 Å². The van der Waals surface area contributed by atoms with Crippen LogP contribution in [0.2, 0.25) is 0 Å². The molecule has 3 nitrogen and oxygen atoms in total. The standard InChI is InChI=1S/C34H30N2O/c1-34(24-27-15-7-3-8-16-27,33(37)36-31-21-11-19-29-20-12-22-35-32(29)31)25-30(28-17-9-4-10-18-28)23-26-13-5-2-6-14-26/h2-23H,24-25H2,1H3,(H,36,37)/b30-23-. The Labute approximate surface area is 218 Å². The lowest BCUT2D eigenvalue weighted by Crippen LogP contribution is -2.36. The van der Waals surface area contributed by atoms with Crippen molar-refractivity contribution in [3.63, 3.8) is 0 Å². The van der Waals surface area contributed by atoms with Crippen molar-refractivity contribution in [2.24, 2.45) is 5.41 Å². The molecule has 5 rings (SSSR count). The van der Waals surface area contributed by atoms with Gasteiger partial charge in [-0.1, -0.05) is 122 Å². The molecule has 0 spiro atoms. The summed E-state index contributed by atoms with van der Waals surface area (Å²) < 4.78 is 0. The molecule has 37 heavy (non-hydrogen) atoms. The van der Waals surface area contributed by atoms with E-state index in [-0.39, 0.29) is 5.91 Å². The fourth-order valence-corrected chi connectivity index (χ4v) is 4.81. The van der Waals surface area contributed by atoms with Gasteiger partial charge in [0.05, 0.1) is 16.6 Å². The summed E-state index contributed by atoms with van der Waals surface area (Å²) in [6, 6.07) is 40.7. The van der Waals surface area contributed by atoms with E-state index in [0.717, 1.165) is 38.9 Å². The number of anilines is 1. The SMILES string of the molecule is CC(C/C(=C/c1ccccc1)c1ccccc1)(Cc1ccccc1)C(=O)Nc1cccc2cccnc12. The molecule has 1 unspecified atom stereocenters. The Balaban J connectivity index is 1.55. The molecule has 1 aromatic heterocycles. The molecule has 1 N–H and O–H groups in total. The first-order valence-corrected chi connectivity index (χ1v) is 12.6. The molecule has 1 heterocycles. The average Bonchev–Trinajstić information content (AvgIpc) is 2.94. The third-order valence-electron chi connectivity index (χ3n) is 6.73. The largest absolute Gasteiger partial charge is 0.324 e. The van der Waals surface area contributed by atoms with Crippen molar-refractivity contribution < 1.29 is 4.79 Å². The number of allylic oxidation sites excluding steroid dienone is 1. The molecule has 3 heteroatoms. The van der Waals surface area contributed by atoms with E-state index in [1.807, 2.05) is 84.9 Å². The number of pyridine rings is 1. The Hall–Kier alpha value is -4.50. The Bertz CT molecular complexity index is 1510. The van der Waals surface area contributed by atoms with E-state index in [0.29, 0.717) is 12.8 Å². The third-order valence-corrected chi connectivity index (χ3v) is 6.73. The van der Waals surface area contributed by atoms with E-state index in [4.69, 9.17) is 0 Å². The van der Waals surface area contributed by atoms with Gasteiger partial charge in [-0.25, -0.2) is 0 Å². The van der Waals surface area contributed by atoms with Gasteiger partial charge in [0.15, 0.2) is 0 Å². The lowest BCUT2D eigenvalue weighted by molar-refractivity contribution is -0.124. The molecule has 182 valence electrons. The number of benzene rings is 4.